The van der Waals surface area contributed by atoms with Gasteiger partial charge in [-0.1, -0.05) is 6.07 Å². The van der Waals surface area contributed by atoms with Crippen molar-refractivity contribution in [2.45, 2.75) is 62.6 Å². The van der Waals surface area contributed by atoms with Gasteiger partial charge in [-0.15, -0.1) is 0 Å². The zero-order valence-corrected chi connectivity index (χ0v) is 13.5. The maximum absolute atomic E-state index is 14.6. The number of hydrogen-bond donors (Lipinski definition) is 3. The minimum Gasteiger partial charge on any atom is -0.374 e. The van der Waals surface area contributed by atoms with Crippen LogP contribution in [0, 0.1) is 5.82 Å². The normalized spacial score (nSPS) is 32.5. The Labute approximate surface area is 140 Å². The van der Waals surface area contributed by atoms with Crippen molar-refractivity contribution in [3.63, 3.8) is 0 Å². The molecule has 0 aliphatic carbocycles. The molecule has 3 fully saturated rings. The van der Waals surface area contributed by atoms with E-state index in [2.05, 4.69) is 16.0 Å². The number of anilines is 1. The minimum atomic E-state index is -0.484. The van der Waals surface area contributed by atoms with Crippen molar-refractivity contribution in [1.29, 1.82) is 0 Å². The number of carbonyl (C=O) groups is 2. The van der Waals surface area contributed by atoms with Crippen LogP contribution in [0.25, 0.3) is 0 Å². The van der Waals surface area contributed by atoms with Gasteiger partial charge in [0.15, 0.2) is 0 Å². The molecule has 5 nitrogen and oxygen atoms in total. The molecular formula is C18H22FN3O2. The summed E-state index contributed by atoms with van der Waals surface area (Å²) in [7, 11) is 0. The van der Waals surface area contributed by atoms with Gasteiger partial charge in [0.05, 0.1) is 0 Å². The van der Waals surface area contributed by atoms with E-state index in [1.807, 2.05) is 12.1 Å². The molecular weight excluding hydrogens is 309 g/mol. The second-order valence-electron chi connectivity index (χ2n) is 7.19. The van der Waals surface area contributed by atoms with Crippen LogP contribution in [-0.4, -0.2) is 29.9 Å². The number of rotatable bonds is 3. The zero-order valence-electron chi connectivity index (χ0n) is 13.5. The molecule has 1 aromatic rings. The predicted molar refractivity (Wildman–Crippen MR) is 88.1 cm³/mol. The highest BCUT2D eigenvalue weighted by molar-refractivity contribution is 6.01. The van der Waals surface area contributed by atoms with E-state index in [1.165, 1.54) is 18.9 Å². The highest BCUT2D eigenvalue weighted by Crippen LogP contribution is 2.38. The van der Waals surface area contributed by atoms with Gasteiger partial charge in [-0.05, 0) is 55.7 Å². The van der Waals surface area contributed by atoms with Crippen LogP contribution in [0.15, 0.2) is 18.2 Å². The smallest absolute Gasteiger partial charge is 0.249 e. The van der Waals surface area contributed by atoms with Gasteiger partial charge in [0.2, 0.25) is 11.8 Å². The van der Waals surface area contributed by atoms with Crippen molar-refractivity contribution in [3.05, 3.63) is 29.6 Å². The monoisotopic (exact) mass is 331 g/mol. The van der Waals surface area contributed by atoms with Gasteiger partial charge in [0, 0.05) is 24.2 Å². The molecule has 128 valence electrons. The van der Waals surface area contributed by atoms with Gasteiger partial charge >= 0.3 is 0 Å². The summed E-state index contributed by atoms with van der Waals surface area (Å²) in [5, 5.41) is 8.92. The van der Waals surface area contributed by atoms with Crippen molar-refractivity contribution in [2.24, 2.45) is 0 Å². The Morgan fingerprint density at radius 1 is 1.08 bits per heavy atom. The van der Waals surface area contributed by atoms with Crippen LogP contribution in [0.5, 0.6) is 0 Å². The van der Waals surface area contributed by atoms with E-state index in [0.29, 0.717) is 30.6 Å². The fraction of sp³-hybridized carbons (Fsp3) is 0.556. The summed E-state index contributed by atoms with van der Waals surface area (Å²) in [6.07, 6.45) is 5.12. The van der Waals surface area contributed by atoms with Gasteiger partial charge < -0.3 is 10.6 Å². The maximum Gasteiger partial charge on any atom is 0.249 e. The lowest BCUT2D eigenvalue weighted by atomic mass is 9.86. The molecule has 3 aliphatic heterocycles. The Morgan fingerprint density at radius 3 is 2.50 bits per heavy atom. The van der Waals surface area contributed by atoms with Crippen LogP contribution in [-0.2, 0) is 9.59 Å². The standard InChI is InChI=1S/C18H22FN3O2/c19-15-9-13(21-16-5-6-17(23)22-18(16)24)3-4-14(15)10-7-11-1-2-12(8-10)20-11/h3-4,9-12,16,20-21H,1-2,5-8H2,(H,22,23,24). The molecule has 4 rings (SSSR count). The van der Waals surface area contributed by atoms with Crippen LogP contribution in [0.1, 0.15) is 50.0 Å². The van der Waals surface area contributed by atoms with E-state index in [4.69, 9.17) is 0 Å². The predicted octanol–water partition coefficient (Wildman–Crippen LogP) is 2.04. The number of carbonyl (C=O) groups excluding carboxylic acids is 2. The van der Waals surface area contributed by atoms with E-state index < -0.39 is 6.04 Å². The zero-order chi connectivity index (χ0) is 16.7. The van der Waals surface area contributed by atoms with Crippen molar-refractivity contribution < 1.29 is 14.0 Å². The first-order valence-corrected chi connectivity index (χ1v) is 8.74. The molecule has 2 bridgehead atoms. The fourth-order valence-corrected chi connectivity index (χ4v) is 4.29. The summed E-state index contributed by atoms with van der Waals surface area (Å²) < 4.78 is 14.6. The van der Waals surface area contributed by atoms with Gasteiger partial charge in [0.25, 0.3) is 0 Å². The van der Waals surface area contributed by atoms with Crippen molar-refractivity contribution in [1.82, 2.24) is 10.6 Å². The first kappa shape index (κ1) is 15.6. The molecule has 3 atom stereocenters. The van der Waals surface area contributed by atoms with Gasteiger partial charge in [-0.3, -0.25) is 14.9 Å². The Kier molecular flexibility index (Phi) is 4.00. The molecule has 3 N–H and O–H groups in total. The second-order valence-corrected chi connectivity index (χ2v) is 7.19. The maximum atomic E-state index is 14.6. The largest absolute Gasteiger partial charge is 0.374 e. The quantitative estimate of drug-likeness (QED) is 0.742. The second kappa shape index (κ2) is 6.16. The van der Waals surface area contributed by atoms with Crippen LogP contribution < -0.4 is 16.0 Å². The molecule has 3 saturated heterocycles. The van der Waals surface area contributed by atoms with Crippen LogP contribution in [0.4, 0.5) is 10.1 Å². The molecule has 6 heteroatoms. The SMILES string of the molecule is O=C1CCC(Nc2ccc(C3CC4CCC(C3)N4)c(F)c2)C(=O)N1. The van der Waals surface area contributed by atoms with Gasteiger partial charge in [-0.25, -0.2) is 4.39 Å². The van der Waals surface area contributed by atoms with Crippen LogP contribution >= 0.6 is 0 Å². The molecule has 3 unspecified atom stereocenters. The number of halogens is 1. The molecule has 24 heavy (non-hydrogen) atoms. The van der Waals surface area contributed by atoms with Gasteiger partial charge in [0.1, 0.15) is 11.9 Å². The lowest BCUT2D eigenvalue weighted by Gasteiger charge is -2.30. The first-order valence-electron chi connectivity index (χ1n) is 8.74. The number of amides is 2. The number of fused-ring (bicyclic) bond motifs is 2. The van der Waals surface area contributed by atoms with Gasteiger partial charge in [-0.2, -0.15) is 0 Å². The van der Waals surface area contributed by atoms with E-state index in [0.717, 1.165) is 18.4 Å². The lowest BCUT2D eigenvalue weighted by Crippen LogP contribution is -2.47. The molecule has 2 amide bonds. The highest BCUT2D eigenvalue weighted by atomic mass is 19.1. The molecule has 0 radical (unpaired) electrons. The third-order valence-electron chi connectivity index (χ3n) is 5.49. The first-order chi connectivity index (χ1) is 11.6. The summed E-state index contributed by atoms with van der Waals surface area (Å²) in [5.41, 5.74) is 1.37. The number of imide groups is 1. The summed E-state index contributed by atoms with van der Waals surface area (Å²) in [6, 6.07) is 5.72. The average molecular weight is 331 g/mol. The van der Waals surface area contributed by atoms with Crippen molar-refractivity contribution in [3.8, 4) is 0 Å². The van der Waals surface area contributed by atoms with Crippen molar-refractivity contribution in [2.75, 3.05) is 5.32 Å². The Morgan fingerprint density at radius 2 is 1.83 bits per heavy atom. The summed E-state index contributed by atoms with van der Waals surface area (Å²) in [6.45, 7) is 0. The van der Waals surface area contributed by atoms with E-state index in [9.17, 15) is 14.0 Å². The van der Waals surface area contributed by atoms with Crippen LogP contribution in [0.3, 0.4) is 0 Å². The number of hydrogen-bond acceptors (Lipinski definition) is 4. The Hall–Kier alpha value is -1.95. The van der Waals surface area contributed by atoms with Crippen LogP contribution in [0.2, 0.25) is 0 Å². The minimum absolute atomic E-state index is 0.210. The number of piperidine rings is 2. The summed E-state index contributed by atoms with van der Waals surface area (Å²) >= 11 is 0. The summed E-state index contributed by atoms with van der Waals surface area (Å²) in [4.78, 5) is 23.0. The summed E-state index contributed by atoms with van der Waals surface area (Å²) in [5.74, 6) is -0.530. The number of benzene rings is 1. The fourth-order valence-electron chi connectivity index (χ4n) is 4.29. The third-order valence-corrected chi connectivity index (χ3v) is 5.49. The van der Waals surface area contributed by atoms with Crippen molar-refractivity contribution >= 4 is 17.5 Å². The topological polar surface area (TPSA) is 70.2 Å². The lowest BCUT2D eigenvalue weighted by molar-refractivity contribution is -0.133. The van der Waals surface area contributed by atoms with E-state index in [-0.39, 0.29) is 23.5 Å². The molecule has 0 spiro atoms. The molecule has 0 saturated carbocycles. The van der Waals surface area contributed by atoms with E-state index in [1.54, 1.807) is 0 Å². The third kappa shape index (κ3) is 3.02. The Bertz CT molecular complexity index is 666. The Balaban J connectivity index is 1.46. The van der Waals surface area contributed by atoms with E-state index >= 15 is 0 Å². The molecule has 3 heterocycles. The molecule has 3 aliphatic rings. The average Bonchev–Trinajstić information content (AvgIpc) is 2.88. The molecule has 1 aromatic carbocycles. The molecule has 0 aromatic heterocycles. The highest BCUT2D eigenvalue weighted by Gasteiger charge is 2.35. The number of nitrogens with one attached hydrogen (secondary N) is 3.